The Kier molecular flexibility index (Phi) is 18.2. The van der Waals surface area contributed by atoms with Crippen LogP contribution in [0.25, 0.3) is 15.8 Å². The number of aryl methyl sites for hydroxylation is 1. The first-order valence-electron chi connectivity index (χ1n) is 26.3. The number of hydrogen-bond acceptors (Lipinski definition) is 15. The van der Waals surface area contributed by atoms with Crippen molar-refractivity contribution >= 4 is 67.2 Å². The molecule has 4 aliphatic rings. The Hall–Kier alpha value is -5.45. The summed E-state index contributed by atoms with van der Waals surface area (Å²) < 4.78 is 7.93. The number of carboxylic acid groups (broad SMARTS) is 1. The number of allylic oxidation sites excluding steroid dienone is 2. The molecule has 390 valence electrons. The number of anilines is 4. The number of nitrogens with two attached hydrogens (primary N) is 2. The molecule has 3 heterocycles. The van der Waals surface area contributed by atoms with E-state index in [1.165, 1.54) is 19.0 Å². The molecule has 0 aliphatic heterocycles. The lowest BCUT2D eigenvalue weighted by Gasteiger charge is -2.69. The van der Waals surface area contributed by atoms with Crippen molar-refractivity contribution in [2.24, 2.45) is 32.7 Å². The summed E-state index contributed by atoms with van der Waals surface area (Å²) in [6.45, 7) is 14.0. The normalized spacial score (nSPS) is 23.0. The van der Waals surface area contributed by atoms with E-state index in [2.05, 4.69) is 53.7 Å². The van der Waals surface area contributed by atoms with Crippen LogP contribution in [0.5, 0.6) is 0 Å². The number of nitrogens with zero attached hydrogens (tertiary/aromatic N) is 7. The number of unbranched alkanes of at least 4 members (excludes halogenated alkanes) is 7. The van der Waals surface area contributed by atoms with Gasteiger partial charge in [0.05, 0.1) is 22.4 Å². The third kappa shape index (κ3) is 14.2. The zero-order valence-electron chi connectivity index (χ0n) is 44.1. The lowest BCUT2D eigenvalue weighted by Crippen LogP contribution is -2.64. The Balaban J connectivity index is 1.04. The maximum Gasteiger partial charge on any atom is 0.355 e. The van der Waals surface area contributed by atoms with Crippen molar-refractivity contribution in [3.05, 3.63) is 77.4 Å². The number of ketones is 1. The van der Waals surface area contributed by atoms with Gasteiger partial charge in [0, 0.05) is 67.5 Å². The van der Waals surface area contributed by atoms with Crippen LogP contribution in [0.2, 0.25) is 0 Å². The number of aromatic carboxylic acids is 1. The number of carbonyl (C=O) groups excluding carboxylic acids is 1. The molecule has 4 saturated carbocycles. The Labute approximate surface area is 431 Å². The number of carbonyl (C=O) groups is 2. The van der Waals surface area contributed by atoms with Crippen molar-refractivity contribution in [3.8, 4) is 0 Å². The van der Waals surface area contributed by atoms with Crippen molar-refractivity contribution in [3.63, 3.8) is 0 Å². The summed E-state index contributed by atoms with van der Waals surface area (Å²) in [5, 5.41) is 27.6. The van der Waals surface area contributed by atoms with Gasteiger partial charge < -0.3 is 46.5 Å². The number of aromatic nitrogens is 4. The number of nitrogens with one attached hydrogen (secondary N) is 2. The predicted octanol–water partition coefficient (Wildman–Crippen LogP) is 11.1. The molecule has 4 bridgehead atoms. The van der Waals surface area contributed by atoms with Crippen LogP contribution in [-0.2, 0) is 9.53 Å². The van der Waals surface area contributed by atoms with Gasteiger partial charge in [-0.2, -0.15) is 0 Å². The van der Waals surface area contributed by atoms with Crippen molar-refractivity contribution < 1.29 is 19.4 Å². The number of rotatable bonds is 29. The summed E-state index contributed by atoms with van der Waals surface area (Å²) in [4.78, 5) is 43.3. The molecule has 8 rings (SSSR count). The van der Waals surface area contributed by atoms with Crippen molar-refractivity contribution in [1.29, 1.82) is 0 Å². The Morgan fingerprint density at radius 1 is 0.861 bits per heavy atom. The molecule has 16 heteroatoms. The number of carboxylic acids is 1. The number of thiazole rings is 1. The molecule has 0 radical (unpaired) electrons. The first kappa shape index (κ1) is 54.3. The molecule has 0 spiro atoms. The van der Waals surface area contributed by atoms with Gasteiger partial charge in [0.15, 0.2) is 22.5 Å². The predicted molar refractivity (Wildman–Crippen MR) is 293 cm³/mol. The summed E-state index contributed by atoms with van der Waals surface area (Å²) in [6.07, 6.45) is 20.7. The van der Waals surface area contributed by atoms with Crippen LogP contribution in [0.3, 0.4) is 0 Å². The minimum atomic E-state index is -1.16. The summed E-state index contributed by atoms with van der Waals surface area (Å²) >= 11 is 1.55. The number of Topliss-reactive ketones (excluding diaryl/α,β-unsaturated/α-hetero) is 1. The highest BCUT2D eigenvalue weighted by Crippen LogP contribution is 2.71. The number of fused-ring (bicyclic) bond motifs is 1. The second-order valence-electron chi connectivity index (χ2n) is 22.4. The molecular weight excluding hydrogens is 923 g/mol. The number of aliphatic imine (C=N–C) groups is 1. The van der Waals surface area contributed by atoms with E-state index in [1.54, 1.807) is 24.3 Å². The minimum Gasteiger partial charge on any atom is -0.476 e. The highest BCUT2D eigenvalue weighted by Gasteiger charge is 2.66. The van der Waals surface area contributed by atoms with Crippen LogP contribution in [0, 0.1) is 23.2 Å². The largest absolute Gasteiger partial charge is 0.476 e. The molecule has 3 aromatic heterocycles. The van der Waals surface area contributed by atoms with E-state index in [9.17, 15) is 14.7 Å². The van der Waals surface area contributed by atoms with E-state index >= 15 is 0 Å². The van der Waals surface area contributed by atoms with E-state index in [0.29, 0.717) is 53.8 Å². The number of benzene rings is 1. The average Bonchev–Trinajstić information content (AvgIpc) is 3.72. The van der Waals surface area contributed by atoms with Gasteiger partial charge in [-0.15, -0.1) is 10.2 Å². The second kappa shape index (κ2) is 24.1. The fourth-order valence-electron chi connectivity index (χ4n) is 12.8. The molecule has 4 fully saturated rings. The maximum absolute atomic E-state index is 13.2. The van der Waals surface area contributed by atoms with Crippen molar-refractivity contribution in [2.45, 2.75) is 149 Å². The quantitative estimate of drug-likeness (QED) is 0.0253. The van der Waals surface area contributed by atoms with E-state index < -0.39 is 5.97 Å². The van der Waals surface area contributed by atoms with E-state index in [-0.39, 0.29) is 33.3 Å². The van der Waals surface area contributed by atoms with Gasteiger partial charge in [-0.05, 0) is 164 Å². The van der Waals surface area contributed by atoms with E-state index in [4.69, 9.17) is 31.2 Å². The number of pyridine rings is 1. The third-order valence-corrected chi connectivity index (χ3v) is 15.9. The molecule has 72 heavy (non-hydrogen) atoms. The van der Waals surface area contributed by atoms with Crippen LogP contribution >= 0.6 is 11.3 Å². The van der Waals surface area contributed by atoms with Gasteiger partial charge >= 0.3 is 5.97 Å². The number of likely N-dealkylation sites (N-methyl/N-ethyl adjacent to an activating group) is 1. The molecule has 2 atom stereocenters. The zero-order valence-corrected chi connectivity index (χ0v) is 44.9. The average molecular weight is 1000 g/mol. The number of hydrogen-bond donors (Lipinski definition) is 5. The molecule has 0 amide bonds. The van der Waals surface area contributed by atoms with Gasteiger partial charge in [0.25, 0.3) is 0 Å². The first-order chi connectivity index (χ1) is 34.4. The first-order valence-corrected chi connectivity index (χ1v) is 27.1. The fraction of sp³-hybridized carbons (Fsp3) is 0.589. The summed E-state index contributed by atoms with van der Waals surface area (Å²) in [6, 6.07) is 13.6. The smallest absolute Gasteiger partial charge is 0.355 e. The molecule has 15 nitrogen and oxygen atoms in total. The highest BCUT2D eigenvalue weighted by molar-refractivity contribution is 7.22. The summed E-state index contributed by atoms with van der Waals surface area (Å²) in [7, 11) is 4.18. The molecule has 2 unspecified atom stereocenters. The molecule has 1 aromatic carbocycles. The molecule has 4 aromatic rings. The molecular formula is C56H81N11O4S. The lowest BCUT2D eigenvalue weighted by molar-refractivity contribution is -0.242. The second-order valence-corrected chi connectivity index (χ2v) is 23.5. The topological polar surface area (TPSA) is 210 Å². The number of ether oxygens (including phenoxy) is 1. The molecule has 4 aliphatic carbocycles. The summed E-state index contributed by atoms with van der Waals surface area (Å²) in [5.41, 5.74) is 17.1. The van der Waals surface area contributed by atoms with E-state index in [0.717, 1.165) is 136 Å². The Morgan fingerprint density at radius 2 is 1.57 bits per heavy atom. The van der Waals surface area contributed by atoms with Crippen LogP contribution in [0.1, 0.15) is 158 Å². The molecule has 7 N–H and O–H groups in total. The zero-order chi connectivity index (χ0) is 51.5. The maximum atomic E-state index is 13.2. The van der Waals surface area contributed by atoms with Gasteiger partial charge in [-0.3, -0.25) is 4.99 Å². The van der Waals surface area contributed by atoms with Crippen molar-refractivity contribution in [2.75, 3.05) is 57.1 Å². The van der Waals surface area contributed by atoms with Crippen LogP contribution in [-0.4, -0.2) is 100 Å². The SMILES string of the molecule is CC(=O)CCCCCCCC/C(N)=C/NCCCCCN(c1cc(C)c(Nc2nc3ccccc3s2)nn1)c1ccc(/C(=C/N)C(C)=NCC23CC4(C)CC(C)(C2)CC(OCCN(C)C)(C4)C3)c(C(=O)O)n1. The van der Waals surface area contributed by atoms with Crippen LogP contribution in [0.4, 0.5) is 22.6 Å². The Bertz CT molecular complexity index is 2560. The van der Waals surface area contributed by atoms with E-state index in [1.807, 2.05) is 61.3 Å². The van der Waals surface area contributed by atoms with Gasteiger partial charge in [0.2, 0.25) is 0 Å². The Morgan fingerprint density at radius 3 is 2.25 bits per heavy atom. The van der Waals surface area contributed by atoms with Crippen molar-refractivity contribution in [1.82, 2.24) is 30.4 Å². The molecule has 0 saturated heterocycles. The van der Waals surface area contributed by atoms with Crippen LogP contribution < -0.4 is 27.0 Å². The highest BCUT2D eigenvalue weighted by atomic mass is 32.1. The monoisotopic (exact) mass is 1000 g/mol. The van der Waals surface area contributed by atoms with Gasteiger partial charge in [-0.1, -0.05) is 63.0 Å². The standard InChI is InChI=1S/C56H81N11O4S/c1-39-29-48(64-65-50(39)63-52-61-45-21-15-16-22-46(45)72-52)67(26-18-12-17-25-59-31-42(58)20-14-11-9-8-10-13-19-40(2)68)47-24-23-43(49(62-47)51(69)70)44(30-57)41(3)60-38-55-33-53(4)32-54(5,34-55)36-56(35-53,37-55)71-28-27-66(6)7/h15-16,21-24,29-31,59H,8-14,17-20,25-28,32-38,57-58H2,1-7H3,(H,69,70)(H,61,63,65)/b42-31-,44-30+,60-41?. The minimum absolute atomic E-state index is 0.00658. The lowest BCUT2D eigenvalue weighted by atomic mass is 9.39. The summed E-state index contributed by atoms with van der Waals surface area (Å²) in [5.74, 6) is 0.700. The third-order valence-electron chi connectivity index (χ3n) is 15.0. The fourth-order valence-corrected chi connectivity index (χ4v) is 13.7. The van der Waals surface area contributed by atoms with Gasteiger partial charge in [0.1, 0.15) is 11.6 Å². The van der Waals surface area contributed by atoms with Gasteiger partial charge in [-0.25, -0.2) is 14.8 Å². The number of para-hydroxylation sites is 1. The van der Waals surface area contributed by atoms with Crippen LogP contribution in [0.15, 0.2) is 65.6 Å².